The van der Waals surface area contributed by atoms with Gasteiger partial charge < -0.3 is 10.6 Å². The summed E-state index contributed by atoms with van der Waals surface area (Å²) in [5.41, 5.74) is 6.96. The first-order valence-electron chi connectivity index (χ1n) is 5.81. The topological polar surface area (TPSA) is 46.3 Å². The molecular formula is C13H18N2O. The van der Waals surface area contributed by atoms with Crippen LogP contribution in [0.2, 0.25) is 0 Å². The number of amides is 1. The lowest BCUT2D eigenvalue weighted by Crippen LogP contribution is -2.49. The summed E-state index contributed by atoms with van der Waals surface area (Å²) in [6, 6.07) is 9.91. The standard InChI is InChI=1S/C13H18N2O/c1-10(11-6-3-2-4-7-11)15-9-5-8-12(14)13(15)16/h2-4,6-7,10,12H,5,8-9,14H2,1H3. The predicted molar refractivity (Wildman–Crippen MR) is 63.8 cm³/mol. The minimum absolute atomic E-state index is 0.0857. The summed E-state index contributed by atoms with van der Waals surface area (Å²) in [5.74, 6) is 0.0857. The largest absolute Gasteiger partial charge is 0.335 e. The summed E-state index contributed by atoms with van der Waals surface area (Å²) < 4.78 is 0. The molecular weight excluding hydrogens is 200 g/mol. The molecule has 2 atom stereocenters. The smallest absolute Gasteiger partial charge is 0.239 e. The summed E-state index contributed by atoms with van der Waals surface area (Å²) in [7, 11) is 0. The Morgan fingerprint density at radius 3 is 2.75 bits per heavy atom. The minimum Gasteiger partial charge on any atom is -0.335 e. The number of hydrogen-bond acceptors (Lipinski definition) is 2. The van der Waals surface area contributed by atoms with Crippen LogP contribution >= 0.6 is 0 Å². The Labute approximate surface area is 96.2 Å². The fourth-order valence-electron chi connectivity index (χ4n) is 2.22. The molecule has 1 amide bonds. The maximum absolute atomic E-state index is 11.9. The van der Waals surface area contributed by atoms with Gasteiger partial charge in [0, 0.05) is 6.54 Å². The molecule has 1 heterocycles. The summed E-state index contributed by atoms with van der Waals surface area (Å²) in [6.07, 6.45) is 1.82. The molecule has 2 N–H and O–H groups in total. The van der Waals surface area contributed by atoms with Gasteiger partial charge in [-0.1, -0.05) is 30.3 Å². The van der Waals surface area contributed by atoms with Crippen LogP contribution in [0.3, 0.4) is 0 Å². The molecule has 1 aromatic rings. The lowest BCUT2D eigenvalue weighted by molar-refractivity contribution is -0.137. The number of nitrogens with two attached hydrogens (primary N) is 1. The Morgan fingerprint density at radius 1 is 1.38 bits per heavy atom. The van der Waals surface area contributed by atoms with Gasteiger partial charge in [0.2, 0.25) is 5.91 Å². The van der Waals surface area contributed by atoms with Crippen LogP contribution in [0.15, 0.2) is 30.3 Å². The molecule has 2 unspecified atom stereocenters. The van der Waals surface area contributed by atoms with Crippen LogP contribution in [0.1, 0.15) is 31.4 Å². The predicted octanol–water partition coefficient (Wildman–Crippen LogP) is 1.70. The molecule has 0 saturated carbocycles. The van der Waals surface area contributed by atoms with Crippen LogP contribution in [0.5, 0.6) is 0 Å². The van der Waals surface area contributed by atoms with E-state index in [4.69, 9.17) is 5.73 Å². The number of carbonyl (C=O) groups excluding carboxylic acids is 1. The van der Waals surface area contributed by atoms with Crippen molar-refractivity contribution in [1.82, 2.24) is 4.90 Å². The first kappa shape index (κ1) is 11.1. The zero-order valence-corrected chi connectivity index (χ0v) is 9.60. The Bertz CT molecular complexity index is 363. The Kier molecular flexibility index (Phi) is 3.25. The quantitative estimate of drug-likeness (QED) is 0.821. The normalized spacial score (nSPS) is 23.2. The van der Waals surface area contributed by atoms with E-state index < -0.39 is 0 Å². The third-order valence-corrected chi connectivity index (χ3v) is 3.26. The maximum Gasteiger partial charge on any atom is 0.239 e. The molecule has 1 aliphatic rings. The fourth-order valence-corrected chi connectivity index (χ4v) is 2.22. The zero-order valence-electron chi connectivity index (χ0n) is 9.60. The molecule has 3 heteroatoms. The average molecular weight is 218 g/mol. The van der Waals surface area contributed by atoms with Crippen molar-refractivity contribution in [3.63, 3.8) is 0 Å². The van der Waals surface area contributed by atoms with Crippen molar-refractivity contribution in [1.29, 1.82) is 0 Å². The van der Waals surface area contributed by atoms with E-state index in [1.54, 1.807) is 0 Å². The SMILES string of the molecule is CC(c1ccccc1)N1CCCC(N)C1=O. The van der Waals surface area contributed by atoms with Crippen molar-refractivity contribution in [3.05, 3.63) is 35.9 Å². The molecule has 0 radical (unpaired) electrons. The van der Waals surface area contributed by atoms with Crippen molar-refractivity contribution in [2.45, 2.75) is 31.8 Å². The van der Waals surface area contributed by atoms with E-state index in [9.17, 15) is 4.79 Å². The van der Waals surface area contributed by atoms with Crippen LogP contribution in [0.4, 0.5) is 0 Å². The van der Waals surface area contributed by atoms with E-state index >= 15 is 0 Å². The van der Waals surface area contributed by atoms with Gasteiger partial charge in [0.25, 0.3) is 0 Å². The second-order valence-electron chi connectivity index (χ2n) is 4.37. The highest BCUT2D eigenvalue weighted by molar-refractivity contribution is 5.82. The first-order chi connectivity index (χ1) is 7.70. The number of rotatable bonds is 2. The third-order valence-electron chi connectivity index (χ3n) is 3.26. The Morgan fingerprint density at radius 2 is 2.06 bits per heavy atom. The molecule has 86 valence electrons. The number of nitrogens with zero attached hydrogens (tertiary/aromatic N) is 1. The van der Waals surface area contributed by atoms with Crippen molar-refractivity contribution < 1.29 is 4.79 Å². The molecule has 16 heavy (non-hydrogen) atoms. The number of piperidine rings is 1. The van der Waals surface area contributed by atoms with Gasteiger partial charge in [-0.05, 0) is 25.3 Å². The van der Waals surface area contributed by atoms with E-state index in [0.717, 1.165) is 19.4 Å². The van der Waals surface area contributed by atoms with Crippen molar-refractivity contribution >= 4 is 5.91 Å². The van der Waals surface area contributed by atoms with Crippen LogP contribution < -0.4 is 5.73 Å². The molecule has 0 aliphatic carbocycles. The highest BCUT2D eigenvalue weighted by Gasteiger charge is 2.29. The van der Waals surface area contributed by atoms with Gasteiger partial charge in [0.1, 0.15) is 0 Å². The van der Waals surface area contributed by atoms with Gasteiger partial charge in [-0.3, -0.25) is 4.79 Å². The van der Waals surface area contributed by atoms with Crippen LogP contribution in [0.25, 0.3) is 0 Å². The summed E-state index contributed by atoms with van der Waals surface area (Å²) >= 11 is 0. The minimum atomic E-state index is -0.306. The molecule has 0 bridgehead atoms. The third kappa shape index (κ3) is 2.09. The van der Waals surface area contributed by atoms with Crippen LogP contribution in [-0.2, 0) is 4.79 Å². The highest BCUT2D eigenvalue weighted by atomic mass is 16.2. The number of likely N-dealkylation sites (tertiary alicyclic amines) is 1. The molecule has 2 rings (SSSR count). The summed E-state index contributed by atoms with van der Waals surface area (Å²) in [6.45, 7) is 2.88. The second-order valence-corrected chi connectivity index (χ2v) is 4.37. The Balaban J connectivity index is 2.15. The van der Waals surface area contributed by atoms with Gasteiger partial charge in [0.05, 0.1) is 12.1 Å². The van der Waals surface area contributed by atoms with Crippen molar-refractivity contribution in [2.24, 2.45) is 5.73 Å². The number of carbonyl (C=O) groups is 1. The zero-order chi connectivity index (χ0) is 11.5. The molecule has 3 nitrogen and oxygen atoms in total. The van der Waals surface area contributed by atoms with Gasteiger partial charge >= 0.3 is 0 Å². The van der Waals surface area contributed by atoms with Crippen LogP contribution in [0, 0.1) is 0 Å². The monoisotopic (exact) mass is 218 g/mol. The molecule has 1 saturated heterocycles. The lowest BCUT2D eigenvalue weighted by atomic mass is 10.0. The first-order valence-corrected chi connectivity index (χ1v) is 5.81. The number of benzene rings is 1. The highest BCUT2D eigenvalue weighted by Crippen LogP contribution is 2.24. The second kappa shape index (κ2) is 4.66. The van der Waals surface area contributed by atoms with Crippen LogP contribution in [-0.4, -0.2) is 23.4 Å². The molecule has 1 aliphatic heterocycles. The van der Waals surface area contributed by atoms with Crippen molar-refractivity contribution in [3.8, 4) is 0 Å². The maximum atomic E-state index is 11.9. The lowest BCUT2D eigenvalue weighted by Gasteiger charge is -2.35. The molecule has 0 spiro atoms. The molecule has 1 aromatic carbocycles. The summed E-state index contributed by atoms with van der Waals surface area (Å²) in [5, 5.41) is 0. The Hall–Kier alpha value is -1.35. The molecule has 0 aromatic heterocycles. The van der Waals surface area contributed by atoms with Gasteiger partial charge in [-0.25, -0.2) is 0 Å². The van der Waals surface area contributed by atoms with E-state index in [1.165, 1.54) is 5.56 Å². The number of hydrogen-bond donors (Lipinski definition) is 1. The fraction of sp³-hybridized carbons (Fsp3) is 0.462. The van der Waals surface area contributed by atoms with E-state index in [1.807, 2.05) is 23.1 Å². The average Bonchev–Trinajstić information content (AvgIpc) is 2.33. The van der Waals surface area contributed by atoms with E-state index in [0.29, 0.717) is 0 Å². The van der Waals surface area contributed by atoms with Gasteiger partial charge in [-0.15, -0.1) is 0 Å². The van der Waals surface area contributed by atoms with Crippen molar-refractivity contribution in [2.75, 3.05) is 6.54 Å². The van der Waals surface area contributed by atoms with Gasteiger partial charge in [0.15, 0.2) is 0 Å². The van der Waals surface area contributed by atoms with E-state index in [2.05, 4.69) is 19.1 Å². The molecule has 1 fully saturated rings. The van der Waals surface area contributed by atoms with E-state index in [-0.39, 0.29) is 18.0 Å². The van der Waals surface area contributed by atoms with Gasteiger partial charge in [-0.2, -0.15) is 0 Å². The summed E-state index contributed by atoms with van der Waals surface area (Å²) in [4.78, 5) is 13.8.